The maximum Gasteiger partial charge on any atom is 0.410 e. The Morgan fingerprint density at radius 1 is 1.11 bits per heavy atom. The molecule has 1 aromatic carbocycles. The smallest absolute Gasteiger partial charge is 0.410 e. The van der Waals surface area contributed by atoms with Gasteiger partial charge in [-0.3, -0.25) is 0 Å². The van der Waals surface area contributed by atoms with Gasteiger partial charge in [0, 0.05) is 37.9 Å². The Hall–Kier alpha value is -2.28. The Morgan fingerprint density at radius 2 is 1.68 bits per heavy atom. The number of aromatic carboxylic acids is 1. The Labute approximate surface area is 167 Å². The highest BCUT2D eigenvalue weighted by atomic mass is 16.6. The molecule has 7 nitrogen and oxygen atoms in total. The molecule has 0 radical (unpaired) electrons. The first-order valence-corrected chi connectivity index (χ1v) is 9.79. The predicted molar refractivity (Wildman–Crippen MR) is 110 cm³/mol. The summed E-state index contributed by atoms with van der Waals surface area (Å²) < 4.78 is 5.63. The Balaban J connectivity index is 2.01. The normalized spacial score (nSPS) is 15.6. The van der Waals surface area contributed by atoms with Crippen LogP contribution < -0.4 is 4.90 Å². The number of amides is 1. The zero-order valence-electron chi connectivity index (χ0n) is 17.6. The third-order valence-electron chi connectivity index (χ3n) is 4.80. The number of benzene rings is 1. The van der Waals surface area contributed by atoms with Crippen LogP contribution in [0.3, 0.4) is 0 Å². The van der Waals surface area contributed by atoms with E-state index in [0.29, 0.717) is 12.1 Å². The molecule has 1 aliphatic rings. The summed E-state index contributed by atoms with van der Waals surface area (Å²) in [5.41, 5.74) is 0.791. The van der Waals surface area contributed by atoms with E-state index >= 15 is 0 Å². The molecule has 0 atom stereocenters. The van der Waals surface area contributed by atoms with E-state index in [1.807, 2.05) is 51.9 Å². The number of nitrogens with zero attached hydrogens (tertiary/aromatic N) is 3. The highest BCUT2D eigenvalue weighted by molar-refractivity contribution is 5.88. The highest BCUT2D eigenvalue weighted by Crippen LogP contribution is 2.24. The van der Waals surface area contributed by atoms with E-state index in [1.165, 1.54) is 0 Å². The second-order valence-electron chi connectivity index (χ2n) is 8.55. The van der Waals surface area contributed by atoms with E-state index in [-0.39, 0.29) is 12.1 Å². The average molecular weight is 392 g/mol. The van der Waals surface area contributed by atoms with Crippen molar-refractivity contribution in [2.24, 2.45) is 0 Å². The van der Waals surface area contributed by atoms with Crippen LogP contribution >= 0.6 is 0 Å². The molecule has 0 aromatic heterocycles. The van der Waals surface area contributed by atoms with Crippen molar-refractivity contribution in [2.75, 3.05) is 45.2 Å². The number of hydrogen-bond donors (Lipinski definition) is 1. The summed E-state index contributed by atoms with van der Waals surface area (Å²) >= 11 is 0. The van der Waals surface area contributed by atoms with Crippen molar-refractivity contribution in [1.29, 1.82) is 0 Å². The van der Waals surface area contributed by atoms with Crippen molar-refractivity contribution in [1.82, 2.24) is 9.80 Å². The van der Waals surface area contributed by atoms with Crippen LogP contribution in [-0.2, 0) is 4.74 Å². The first-order chi connectivity index (χ1) is 13.1. The molecule has 1 fully saturated rings. The largest absolute Gasteiger partial charge is 0.478 e. The summed E-state index contributed by atoms with van der Waals surface area (Å²) in [5, 5.41) is 9.04. The van der Waals surface area contributed by atoms with Crippen molar-refractivity contribution in [2.45, 2.75) is 45.3 Å². The van der Waals surface area contributed by atoms with E-state index < -0.39 is 11.6 Å². The standard InChI is InChI=1S/C21H33N3O4/c1-21(2,3)28-20(27)24(15-14-22(4)5)18-10-12-23(13-11-18)17-8-6-16(7-9-17)19(25)26/h6-9,18H,10-15H2,1-5H3,(H,25,26). The van der Waals surface area contributed by atoms with Gasteiger partial charge >= 0.3 is 12.1 Å². The summed E-state index contributed by atoms with van der Waals surface area (Å²) in [7, 11) is 3.99. The minimum Gasteiger partial charge on any atom is -0.478 e. The van der Waals surface area contributed by atoms with Crippen LogP contribution in [0.2, 0.25) is 0 Å². The van der Waals surface area contributed by atoms with Gasteiger partial charge in [0.1, 0.15) is 5.60 Å². The molecule has 0 saturated carbocycles. The number of likely N-dealkylation sites (N-methyl/N-ethyl adjacent to an activating group) is 1. The van der Waals surface area contributed by atoms with Crippen LogP contribution in [0.5, 0.6) is 0 Å². The molecule has 1 N–H and O–H groups in total. The van der Waals surface area contributed by atoms with Gasteiger partial charge in [-0.1, -0.05) is 0 Å². The van der Waals surface area contributed by atoms with Crippen molar-refractivity contribution in [3.8, 4) is 0 Å². The fraction of sp³-hybridized carbons (Fsp3) is 0.619. The highest BCUT2D eigenvalue weighted by Gasteiger charge is 2.31. The van der Waals surface area contributed by atoms with Crippen molar-refractivity contribution < 1.29 is 19.4 Å². The maximum absolute atomic E-state index is 12.7. The zero-order valence-corrected chi connectivity index (χ0v) is 17.6. The quantitative estimate of drug-likeness (QED) is 0.803. The van der Waals surface area contributed by atoms with E-state index in [4.69, 9.17) is 9.84 Å². The molecule has 156 valence electrons. The number of rotatable bonds is 6. The van der Waals surface area contributed by atoms with Gasteiger partial charge in [0.05, 0.1) is 5.56 Å². The molecule has 28 heavy (non-hydrogen) atoms. The van der Waals surface area contributed by atoms with E-state index in [9.17, 15) is 9.59 Å². The van der Waals surface area contributed by atoms with Gasteiger partial charge < -0.3 is 24.5 Å². The average Bonchev–Trinajstić information content (AvgIpc) is 2.61. The molecule has 7 heteroatoms. The summed E-state index contributed by atoms with van der Waals surface area (Å²) in [4.78, 5) is 29.9. The lowest BCUT2D eigenvalue weighted by molar-refractivity contribution is 0.0123. The number of ether oxygens (including phenoxy) is 1. The topological polar surface area (TPSA) is 73.3 Å². The predicted octanol–water partition coefficient (Wildman–Crippen LogP) is 3.15. The summed E-state index contributed by atoms with van der Waals surface area (Å²) in [6.07, 6.45) is 1.46. The summed E-state index contributed by atoms with van der Waals surface area (Å²) in [6, 6.07) is 7.11. The van der Waals surface area contributed by atoms with Gasteiger partial charge in [0.25, 0.3) is 0 Å². The van der Waals surface area contributed by atoms with Crippen LogP contribution in [0.4, 0.5) is 10.5 Å². The van der Waals surface area contributed by atoms with Crippen LogP contribution in [0, 0.1) is 0 Å². The van der Waals surface area contributed by atoms with Gasteiger partial charge in [0.2, 0.25) is 0 Å². The Bertz CT molecular complexity index is 659. The number of anilines is 1. The first-order valence-electron chi connectivity index (χ1n) is 9.79. The number of hydrogen-bond acceptors (Lipinski definition) is 5. The number of carboxylic acids is 1. The molecule has 2 rings (SSSR count). The lowest BCUT2D eigenvalue weighted by atomic mass is 10.0. The zero-order chi connectivity index (χ0) is 20.9. The van der Waals surface area contributed by atoms with Crippen molar-refractivity contribution >= 4 is 17.7 Å². The summed E-state index contributed by atoms with van der Waals surface area (Å²) in [6.45, 7) is 8.72. The number of carbonyl (C=O) groups is 2. The van der Waals surface area contributed by atoms with Gasteiger partial charge in [-0.2, -0.15) is 0 Å². The fourth-order valence-electron chi connectivity index (χ4n) is 3.30. The molecule has 0 spiro atoms. The van der Waals surface area contributed by atoms with E-state index in [2.05, 4.69) is 9.80 Å². The monoisotopic (exact) mass is 391 g/mol. The van der Waals surface area contributed by atoms with Gasteiger partial charge in [0.15, 0.2) is 0 Å². The second-order valence-corrected chi connectivity index (χ2v) is 8.55. The molecule has 0 bridgehead atoms. The minimum atomic E-state index is -0.917. The first kappa shape index (κ1) is 22.0. The third kappa shape index (κ3) is 6.41. The lowest BCUT2D eigenvalue weighted by Crippen LogP contribution is -2.50. The SMILES string of the molecule is CN(C)CCN(C(=O)OC(C)(C)C)C1CCN(c2ccc(C(=O)O)cc2)CC1. The van der Waals surface area contributed by atoms with Crippen LogP contribution in [0.15, 0.2) is 24.3 Å². The molecular formula is C21H33N3O4. The van der Waals surface area contributed by atoms with Crippen LogP contribution in [-0.4, -0.2) is 78.9 Å². The molecule has 0 aliphatic carbocycles. The number of piperidine rings is 1. The van der Waals surface area contributed by atoms with Gasteiger partial charge in [-0.25, -0.2) is 9.59 Å². The van der Waals surface area contributed by atoms with Crippen molar-refractivity contribution in [3.63, 3.8) is 0 Å². The second kappa shape index (κ2) is 9.28. The lowest BCUT2D eigenvalue weighted by Gasteiger charge is -2.40. The molecular weight excluding hydrogens is 358 g/mol. The fourth-order valence-corrected chi connectivity index (χ4v) is 3.30. The van der Waals surface area contributed by atoms with E-state index in [1.54, 1.807) is 12.1 Å². The van der Waals surface area contributed by atoms with E-state index in [0.717, 1.165) is 38.2 Å². The molecule has 1 heterocycles. The number of carbonyl (C=O) groups excluding carboxylic acids is 1. The molecule has 1 amide bonds. The Kier molecular flexibility index (Phi) is 7.29. The maximum atomic E-state index is 12.7. The third-order valence-corrected chi connectivity index (χ3v) is 4.80. The molecule has 0 unspecified atom stereocenters. The van der Waals surface area contributed by atoms with Gasteiger partial charge in [-0.05, 0) is 72.0 Å². The summed E-state index contributed by atoms with van der Waals surface area (Å²) in [5.74, 6) is -0.917. The molecule has 1 aliphatic heterocycles. The van der Waals surface area contributed by atoms with Crippen molar-refractivity contribution in [3.05, 3.63) is 29.8 Å². The minimum absolute atomic E-state index is 0.143. The van der Waals surface area contributed by atoms with Crippen LogP contribution in [0.1, 0.15) is 44.0 Å². The van der Waals surface area contributed by atoms with Gasteiger partial charge in [-0.15, -0.1) is 0 Å². The Morgan fingerprint density at radius 3 is 2.14 bits per heavy atom. The number of carboxylic acid groups (broad SMARTS) is 1. The van der Waals surface area contributed by atoms with Crippen LogP contribution in [0.25, 0.3) is 0 Å². The molecule has 1 aromatic rings. The molecule has 1 saturated heterocycles.